The minimum atomic E-state index is -3.02. The van der Waals surface area contributed by atoms with Gasteiger partial charge in [-0.15, -0.1) is 0 Å². The van der Waals surface area contributed by atoms with Gasteiger partial charge in [-0.2, -0.15) is 11.8 Å². The number of sulfonamides is 1. The Morgan fingerprint density at radius 1 is 1.38 bits per heavy atom. The van der Waals surface area contributed by atoms with Crippen LogP contribution in [0.15, 0.2) is 0 Å². The molecule has 0 aliphatic carbocycles. The number of hydrogen-bond acceptors (Lipinski definition) is 4. The molecule has 4 nitrogen and oxygen atoms in total. The second-order valence-electron chi connectivity index (χ2n) is 2.98. The van der Waals surface area contributed by atoms with Gasteiger partial charge in [-0.05, 0) is 7.05 Å². The Labute approximate surface area is 84.1 Å². The predicted molar refractivity (Wildman–Crippen MR) is 56.6 cm³/mol. The molecule has 0 saturated carbocycles. The second-order valence-corrected chi connectivity index (χ2v) is 6.25. The van der Waals surface area contributed by atoms with E-state index in [1.807, 2.05) is 11.8 Å². The summed E-state index contributed by atoms with van der Waals surface area (Å²) in [6, 6.07) is 0. The summed E-state index contributed by atoms with van der Waals surface area (Å²) >= 11 is 1.93. The van der Waals surface area contributed by atoms with Gasteiger partial charge in [-0.25, -0.2) is 13.1 Å². The topological polar surface area (TPSA) is 49.4 Å². The van der Waals surface area contributed by atoms with Crippen LogP contribution in [0.4, 0.5) is 0 Å². The maximum absolute atomic E-state index is 11.1. The molecule has 0 aromatic rings. The second kappa shape index (κ2) is 5.19. The first kappa shape index (κ1) is 11.3. The third-order valence-corrected chi connectivity index (χ3v) is 4.38. The van der Waals surface area contributed by atoms with E-state index in [-0.39, 0.29) is 5.75 Å². The zero-order valence-electron chi connectivity index (χ0n) is 7.82. The summed E-state index contributed by atoms with van der Waals surface area (Å²) in [6.45, 7) is 2.69. The molecule has 1 aliphatic rings. The summed E-state index contributed by atoms with van der Waals surface area (Å²) in [5.74, 6) is 2.47. The Morgan fingerprint density at radius 3 is 2.54 bits per heavy atom. The minimum absolute atomic E-state index is 0.216. The van der Waals surface area contributed by atoms with Crippen LogP contribution in [-0.4, -0.2) is 57.3 Å². The Hall–Kier alpha value is 0.220. The third kappa shape index (κ3) is 4.30. The van der Waals surface area contributed by atoms with E-state index in [9.17, 15) is 8.42 Å². The highest BCUT2D eigenvalue weighted by atomic mass is 32.2. The minimum Gasteiger partial charge on any atom is -0.301 e. The zero-order valence-corrected chi connectivity index (χ0v) is 9.46. The van der Waals surface area contributed by atoms with Crippen molar-refractivity contribution in [2.45, 2.75) is 0 Å². The normalized spacial score (nSPS) is 20.4. The largest absolute Gasteiger partial charge is 0.301 e. The molecule has 1 heterocycles. The van der Waals surface area contributed by atoms with E-state index in [1.54, 1.807) is 0 Å². The van der Waals surface area contributed by atoms with Gasteiger partial charge in [0.05, 0.1) is 5.75 Å². The fourth-order valence-corrected chi connectivity index (χ4v) is 2.86. The lowest BCUT2D eigenvalue weighted by Crippen LogP contribution is -2.38. The number of nitrogens with one attached hydrogen (secondary N) is 1. The summed E-state index contributed by atoms with van der Waals surface area (Å²) in [7, 11) is -1.56. The Bertz CT molecular complexity index is 235. The van der Waals surface area contributed by atoms with E-state index in [1.165, 1.54) is 7.05 Å². The fourth-order valence-electron chi connectivity index (χ4n) is 1.18. The maximum atomic E-state index is 11.1. The lowest BCUT2D eigenvalue weighted by molar-refractivity contribution is 0.320. The van der Waals surface area contributed by atoms with Crippen LogP contribution in [0.1, 0.15) is 0 Å². The summed E-state index contributed by atoms with van der Waals surface area (Å²) in [5.41, 5.74) is 0. The molecular weight excluding hydrogens is 208 g/mol. The van der Waals surface area contributed by atoms with Crippen molar-refractivity contribution in [1.29, 1.82) is 0 Å². The predicted octanol–water partition coefficient (Wildman–Crippen LogP) is -0.416. The molecule has 13 heavy (non-hydrogen) atoms. The molecule has 1 aliphatic heterocycles. The van der Waals surface area contributed by atoms with Gasteiger partial charge in [0, 0.05) is 31.1 Å². The van der Waals surface area contributed by atoms with Crippen molar-refractivity contribution < 1.29 is 8.42 Å². The van der Waals surface area contributed by atoms with Gasteiger partial charge in [0.25, 0.3) is 0 Å². The van der Waals surface area contributed by atoms with Gasteiger partial charge < -0.3 is 4.90 Å². The molecule has 1 rings (SSSR count). The fraction of sp³-hybridized carbons (Fsp3) is 1.00. The summed E-state index contributed by atoms with van der Waals surface area (Å²) in [4.78, 5) is 2.20. The van der Waals surface area contributed by atoms with Gasteiger partial charge in [0.2, 0.25) is 10.0 Å². The molecule has 1 saturated heterocycles. The Balaban J connectivity index is 2.25. The van der Waals surface area contributed by atoms with Crippen molar-refractivity contribution in [2.75, 3.05) is 43.9 Å². The van der Waals surface area contributed by atoms with Crippen molar-refractivity contribution in [3.8, 4) is 0 Å². The molecule has 1 fully saturated rings. The van der Waals surface area contributed by atoms with Crippen LogP contribution in [0.25, 0.3) is 0 Å². The summed E-state index contributed by atoms with van der Waals surface area (Å²) in [6.07, 6.45) is 0. The van der Waals surface area contributed by atoms with E-state index >= 15 is 0 Å². The number of hydrogen-bond donors (Lipinski definition) is 1. The van der Waals surface area contributed by atoms with Crippen LogP contribution in [0.5, 0.6) is 0 Å². The molecule has 1 N–H and O–H groups in total. The number of thioether (sulfide) groups is 1. The lowest BCUT2D eigenvalue weighted by atomic mass is 10.5. The van der Waals surface area contributed by atoms with Crippen molar-refractivity contribution in [1.82, 2.24) is 9.62 Å². The van der Waals surface area contributed by atoms with E-state index in [4.69, 9.17) is 0 Å². The SMILES string of the molecule is CNS(=O)(=O)CCN1CCSCC1. The highest BCUT2D eigenvalue weighted by molar-refractivity contribution is 7.99. The first-order valence-electron chi connectivity index (χ1n) is 4.35. The first-order valence-corrected chi connectivity index (χ1v) is 7.16. The Morgan fingerprint density at radius 2 is 2.00 bits per heavy atom. The zero-order chi connectivity index (χ0) is 9.73. The lowest BCUT2D eigenvalue weighted by Gasteiger charge is -2.25. The van der Waals surface area contributed by atoms with Crippen molar-refractivity contribution in [3.63, 3.8) is 0 Å². The highest BCUT2D eigenvalue weighted by Gasteiger charge is 2.13. The molecule has 0 spiro atoms. The van der Waals surface area contributed by atoms with Crippen LogP contribution in [-0.2, 0) is 10.0 Å². The first-order chi connectivity index (χ1) is 6.14. The molecule has 6 heteroatoms. The molecule has 0 aromatic carbocycles. The van der Waals surface area contributed by atoms with Crippen LogP contribution < -0.4 is 4.72 Å². The van der Waals surface area contributed by atoms with Gasteiger partial charge in [0.1, 0.15) is 0 Å². The van der Waals surface area contributed by atoms with E-state index in [2.05, 4.69) is 9.62 Å². The number of nitrogens with zero attached hydrogens (tertiary/aromatic N) is 1. The summed E-state index contributed by atoms with van der Waals surface area (Å²) < 4.78 is 24.5. The van der Waals surface area contributed by atoms with E-state index in [0.29, 0.717) is 6.54 Å². The molecule has 0 unspecified atom stereocenters. The van der Waals surface area contributed by atoms with Crippen LogP contribution in [0.3, 0.4) is 0 Å². The highest BCUT2D eigenvalue weighted by Crippen LogP contribution is 2.08. The average molecular weight is 224 g/mol. The van der Waals surface area contributed by atoms with Crippen LogP contribution in [0, 0.1) is 0 Å². The maximum Gasteiger partial charge on any atom is 0.212 e. The molecule has 0 bridgehead atoms. The standard InChI is InChI=1S/C7H16N2O2S2/c1-8-13(10,11)7-4-9-2-5-12-6-3-9/h8H,2-7H2,1H3. The molecule has 0 atom stereocenters. The van der Waals surface area contributed by atoms with Gasteiger partial charge in [0.15, 0.2) is 0 Å². The molecule has 0 radical (unpaired) electrons. The van der Waals surface area contributed by atoms with Gasteiger partial charge in [-0.1, -0.05) is 0 Å². The van der Waals surface area contributed by atoms with Crippen molar-refractivity contribution >= 4 is 21.8 Å². The summed E-state index contributed by atoms with van der Waals surface area (Å²) in [5, 5.41) is 0. The van der Waals surface area contributed by atoms with Crippen molar-refractivity contribution in [2.24, 2.45) is 0 Å². The quantitative estimate of drug-likeness (QED) is 0.705. The smallest absolute Gasteiger partial charge is 0.212 e. The molecule has 0 amide bonds. The molecule has 78 valence electrons. The van der Waals surface area contributed by atoms with E-state index in [0.717, 1.165) is 24.6 Å². The van der Waals surface area contributed by atoms with Gasteiger partial charge in [-0.3, -0.25) is 0 Å². The van der Waals surface area contributed by atoms with Crippen LogP contribution >= 0.6 is 11.8 Å². The third-order valence-electron chi connectivity index (χ3n) is 2.09. The monoisotopic (exact) mass is 224 g/mol. The van der Waals surface area contributed by atoms with E-state index < -0.39 is 10.0 Å². The van der Waals surface area contributed by atoms with Crippen molar-refractivity contribution in [3.05, 3.63) is 0 Å². The van der Waals surface area contributed by atoms with Gasteiger partial charge >= 0.3 is 0 Å². The Kier molecular flexibility index (Phi) is 4.51. The number of rotatable bonds is 4. The molecule has 0 aromatic heterocycles. The average Bonchev–Trinajstić information content (AvgIpc) is 2.17. The molecular formula is C7H16N2O2S2. The van der Waals surface area contributed by atoms with Crippen LogP contribution in [0.2, 0.25) is 0 Å².